The molecule has 0 saturated carbocycles. The predicted octanol–water partition coefficient (Wildman–Crippen LogP) is 2.28. The van der Waals surface area contributed by atoms with Crippen LogP contribution in [-0.4, -0.2) is 34.3 Å². The summed E-state index contributed by atoms with van der Waals surface area (Å²) in [6.45, 7) is 1.60. The van der Waals surface area contributed by atoms with Gasteiger partial charge in [-0.2, -0.15) is 5.10 Å². The highest BCUT2D eigenvalue weighted by Gasteiger charge is 2.28. The molecule has 0 bridgehead atoms. The van der Waals surface area contributed by atoms with E-state index in [2.05, 4.69) is 21.0 Å². The average molecular weight is 403 g/mol. The Hall–Kier alpha value is -3.61. The van der Waals surface area contributed by atoms with E-state index in [0.29, 0.717) is 31.6 Å². The molecule has 7 nitrogen and oxygen atoms in total. The normalized spacial score (nSPS) is 14.7. The van der Waals surface area contributed by atoms with Crippen LogP contribution in [0, 0.1) is 0 Å². The van der Waals surface area contributed by atoms with Gasteiger partial charge in [-0.1, -0.05) is 60.7 Å². The minimum atomic E-state index is -0.197. The molecule has 1 aromatic heterocycles. The number of hydrogen-bond acceptors (Lipinski definition) is 3. The highest BCUT2D eigenvalue weighted by atomic mass is 16.2. The molecule has 1 aliphatic rings. The van der Waals surface area contributed by atoms with Crippen molar-refractivity contribution in [3.8, 4) is 0 Å². The summed E-state index contributed by atoms with van der Waals surface area (Å²) >= 11 is 0. The van der Waals surface area contributed by atoms with Crippen LogP contribution in [0.2, 0.25) is 0 Å². The van der Waals surface area contributed by atoms with Crippen LogP contribution >= 0.6 is 0 Å². The first-order valence-corrected chi connectivity index (χ1v) is 10.1. The number of hydrogen-bond donors (Lipinski definition) is 3. The molecule has 1 aliphatic heterocycles. The predicted molar refractivity (Wildman–Crippen MR) is 114 cm³/mol. The van der Waals surface area contributed by atoms with Crippen molar-refractivity contribution >= 4 is 11.9 Å². The summed E-state index contributed by atoms with van der Waals surface area (Å²) in [6, 6.07) is 19.5. The van der Waals surface area contributed by atoms with E-state index < -0.39 is 0 Å². The number of nitrogens with one attached hydrogen (secondary N) is 3. The molecule has 30 heavy (non-hydrogen) atoms. The molecule has 7 heteroatoms. The molecule has 0 aliphatic carbocycles. The van der Waals surface area contributed by atoms with E-state index in [9.17, 15) is 9.59 Å². The van der Waals surface area contributed by atoms with Gasteiger partial charge in [-0.05, 0) is 17.5 Å². The van der Waals surface area contributed by atoms with Crippen LogP contribution in [0.1, 0.15) is 27.2 Å². The minimum Gasteiger partial charge on any atom is -0.348 e. The first kappa shape index (κ1) is 19.7. The molecule has 3 aromatic rings. The molecule has 2 aromatic carbocycles. The van der Waals surface area contributed by atoms with Crippen LogP contribution in [0.3, 0.4) is 0 Å². The van der Waals surface area contributed by atoms with E-state index in [0.717, 1.165) is 17.7 Å². The summed E-state index contributed by atoms with van der Waals surface area (Å²) in [4.78, 5) is 24.8. The second kappa shape index (κ2) is 9.26. The first-order chi connectivity index (χ1) is 14.7. The van der Waals surface area contributed by atoms with E-state index in [1.807, 2.05) is 60.7 Å². The highest BCUT2D eigenvalue weighted by Crippen LogP contribution is 2.19. The summed E-state index contributed by atoms with van der Waals surface area (Å²) in [5.41, 5.74) is 3.65. The third kappa shape index (κ3) is 4.86. The molecule has 1 atom stereocenters. The number of nitrogens with zero attached hydrogens (tertiary/aromatic N) is 2. The molecule has 0 saturated heterocycles. The number of carbonyl (C=O) groups is 2. The number of rotatable bonds is 7. The van der Waals surface area contributed by atoms with Crippen molar-refractivity contribution in [2.75, 3.05) is 6.54 Å². The van der Waals surface area contributed by atoms with Gasteiger partial charge >= 0.3 is 6.03 Å². The van der Waals surface area contributed by atoms with Crippen LogP contribution in [0.5, 0.6) is 0 Å². The van der Waals surface area contributed by atoms with Gasteiger partial charge in [-0.25, -0.2) is 4.79 Å². The standard InChI is InChI=1S/C23H25N5O2/c29-22(25-14-18-9-5-2-6-10-18)20-15-26-28-16-19(13-21(20)28)27-23(30)24-12-11-17-7-3-1-4-8-17/h1-10,15,19H,11-14,16H2,(H,25,29)(H2,24,27,30). The molecule has 4 rings (SSSR count). The number of aromatic nitrogens is 2. The van der Waals surface area contributed by atoms with Crippen molar-refractivity contribution in [3.63, 3.8) is 0 Å². The lowest BCUT2D eigenvalue weighted by Gasteiger charge is -2.13. The average Bonchev–Trinajstić information content (AvgIpc) is 3.33. The maximum Gasteiger partial charge on any atom is 0.315 e. The lowest BCUT2D eigenvalue weighted by molar-refractivity contribution is 0.0950. The second-order valence-electron chi connectivity index (χ2n) is 7.39. The Balaban J connectivity index is 1.25. The van der Waals surface area contributed by atoms with Gasteiger partial charge in [-0.15, -0.1) is 0 Å². The summed E-state index contributed by atoms with van der Waals surface area (Å²) in [5.74, 6) is -0.145. The fraction of sp³-hybridized carbons (Fsp3) is 0.261. The van der Waals surface area contributed by atoms with E-state index in [-0.39, 0.29) is 18.0 Å². The Morgan fingerprint density at radius 2 is 1.67 bits per heavy atom. The lowest BCUT2D eigenvalue weighted by Crippen LogP contribution is -2.43. The van der Waals surface area contributed by atoms with Crippen LogP contribution < -0.4 is 16.0 Å². The zero-order valence-electron chi connectivity index (χ0n) is 16.7. The fourth-order valence-corrected chi connectivity index (χ4v) is 3.65. The Labute approximate surface area is 175 Å². The Kier molecular flexibility index (Phi) is 6.08. The lowest BCUT2D eigenvalue weighted by atomic mass is 10.1. The smallest absolute Gasteiger partial charge is 0.315 e. The van der Waals surface area contributed by atoms with Gasteiger partial charge < -0.3 is 16.0 Å². The van der Waals surface area contributed by atoms with Gasteiger partial charge in [0.25, 0.3) is 5.91 Å². The first-order valence-electron chi connectivity index (χ1n) is 10.1. The second-order valence-corrected chi connectivity index (χ2v) is 7.39. The minimum absolute atomic E-state index is 0.0777. The van der Waals surface area contributed by atoms with Crippen molar-refractivity contribution in [1.82, 2.24) is 25.7 Å². The van der Waals surface area contributed by atoms with Gasteiger partial charge in [0, 0.05) is 19.5 Å². The van der Waals surface area contributed by atoms with Crippen molar-refractivity contribution < 1.29 is 9.59 Å². The van der Waals surface area contributed by atoms with Gasteiger partial charge in [0.05, 0.1) is 30.0 Å². The van der Waals surface area contributed by atoms with Gasteiger partial charge in [0.15, 0.2) is 0 Å². The zero-order valence-corrected chi connectivity index (χ0v) is 16.7. The van der Waals surface area contributed by atoms with E-state index in [4.69, 9.17) is 0 Å². The molecule has 2 heterocycles. The monoisotopic (exact) mass is 403 g/mol. The maximum absolute atomic E-state index is 12.6. The van der Waals surface area contributed by atoms with E-state index >= 15 is 0 Å². The highest BCUT2D eigenvalue weighted by molar-refractivity contribution is 5.95. The molecular formula is C23H25N5O2. The zero-order chi connectivity index (χ0) is 20.8. The fourth-order valence-electron chi connectivity index (χ4n) is 3.65. The molecule has 3 N–H and O–H groups in total. The number of urea groups is 1. The van der Waals surface area contributed by atoms with Crippen molar-refractivity contribution in [2.45, 2.75) is 32.0 Å². The molecule has 1 unspecified atom stereocenters. The third-order valence-electron chi connectivity index (χ3n) is 5.20. The summed E-state index contributed by atoms with van der Waals surface area (Å²) in [6.07, 6.45) is 2.97. The van der Waals surface area contributed by atoms with Crippen molar-refractivity contribution in [1.29, 1.82) is 0 Å². The van der Waals surface area contributed by atoms with Crippen LogP contribution in [0.25, 0.3) is 0 Å². The Morgan fingerprint density at radius 1 is 0.967 bits per heavy atom. The van der Waals surface area contributed by atoms with Crippen LogP contribution in [-0.2, 0) is 25.9 Å². The summed E-state index contributed by atoms with van der Waals surface area (Å²) in [7, 11) is 0. The maximum atomic E-state index is 12.6. The van der Waals surface area contributed by atoms with E-state index in [1.54, 1.807) is 10.9 Å². The quantitative estimate of drug-likeness (QED) is 0.566. The molecule has 0 spiro atoms. The molecular weight excluding hydrogens is 378 g/mol. The number of carbonyl (C=O) groups excluding carboxylic acids is 2. The van der Waals surface area contributed by atoms with Crippen molar-refractivity contribution in [3.05, 3.63) is 89.2 Å². The Morgan fingerprint density at radius 3 is 2.40 bits per heavy atom. The van der Waals surface area contributed by atoms with Gasteiger partial charge in [0.2, 0.25) is 0 Å². The van der Waals surface area contributed by atoms with Gasteiger partial charge in [-0.3, -0.25) is 9.48 Å². The number of fused-ring (bicyclic) bond motifs is 1. The summed E-state index contributed by atoms with van der Waals surface area (Å²) < 4.78 is 1.80. The topological polar surface area (TPSA) is 88.1 Å². The molecule has 3 amide bonds. The third-order valence-corrected chi connectivity index (χ3v) is 5.20. The van der Waals surface area contributed by atoms with Gasteiger partial charge in [0.1, 0.15) is 0 Å². The van der Waals surface area contributed by atoms with Crippen LogP contribution in [0.4, 0.5) is 4.79 Å². The van der Waals surface area contributed by atoms with Crippen LogP contribution in [0.15, 0.2) is 66.9 Å². The molecule has 0 radical (unpaired) electrons. The van der Waals surface area contributed by atoms with Crippen molar-refractivity contribution in [2.24, 2.45) is 0 Å². The Bertz CT molecular complexity index is 1000. The SMILES string of the molecule is O=C(NCCc1ccccc1)NC1Cc2c(C(=O)NCc3ccccc3)cnn2C1. The number of amides is 3. The number of benzene rings is 2. The molecule has 0 fully saturated rings. The molecule has 154 valence electrons. The van der Waals surface area contributed by atoms with E-state index in [1.165, 1.54) is 5.56 Å². The summed E-state index contributed by atoms with van der Waals surface area (Å²) in [5, 5.41) is 13.1. The largest absolute Gasteiger partial charge is 0.348 e.